The van der Waals surface area contributed by atoms with Crippen LogP contribution in [0.15, 0.2) is 28.8 Å². The molecule has 0 aliphatic rings. The SMILES string of the molecule is COC(CN)Cc1nc(Cc2cccc(C)c2)no1. The smallest absolute Gasteiger partial charge is 0.229 e. The highest BCUT2D eigenvalue weighted by Gasteiger charge is 2.13. The summed E-state index contributed by atoms with van der Waals surface area (Å²) in [6.45, 7) is 2.50. The second-order valence-electron chi connectivity index (χ2n) is 4.57. The second kappa shape index (κ2) is 6.45. The van der Waals surface area contributed by atoms with Crippen molar-refractivity contribution in [3.63, 3.8) is 0 Å². The van der Waals surface area contributed by atoms with E-state index in [4.69, 9.17) is 15.0 Å². The lowest BCUT2D eigenvalue weighted by Crippen LogP contribution is -2.24. The molecule has 0 saturated carbocycles. The monoisotopic (exact) mass is 261 g/mol. The van der Waals surface area contributed by atoms with Gasteiger partial charge in [-0.15, -0.1) is 0 Å². The van der Waals surface area contributed by atoms with Gasteiger partial charge in [0.15, 0.2) is 5.82 Å². The highest BCUT2D eigenvalue weighted by Crippen LogP contribution is 2.10. The summed E-state index contributed by atoms with van der Waals surface area (Å²) in [4.78, 5) is 4.36. The topological polar surface area (TPSA) is 74.2 Å². The lowest BCUT2D eigenvalue weighted by atomic mass is 10.1. The summed E-state index contributed by atoms with van der Waals surface area (Å²) in [6.07, 6.45) is 1.14. The Morgan fingerprint density at radius 1 is 1.42 bits per heavy atom. The third kappa shape index (κ3) is 3.87. The van der Waals surface area contributed by atoms with Gasteiger partial charge >= 0.3 is 0 Å². The zero-order valence-electron chi connectivity index (χ0n) is 11.3. The molecule has 0 aliphatic heterocycles. The van der Waals surface area contributed by atoms with Crippen molar-refractivity contribution in [2.24, 2.45) is 5.73 Å². The van der Waals surface area contributed by atoms with Gasteiger partial charge in [-0.25, -0.2) is 0 Å². The molecule has 1 unspecified atom stereocenters. The van der Waals surface area contributed by atoms with Crippen LogP contribution in [0.2, 0.25) is 0 Å². The molecular formula is C14H19N3O2. The van der Waals surface area contributed by atoms with Crippen LogP contribution in [0.25, 0.3) is 0 Å². The predicted octanol–water partition coefficient (Wildman–Crippen LogP) is 1.49. The third-order valence-corrected chi connectivity index (χ3v) is 2.95. The number of ether oxygens (including phenoxy) is 1. The summed E-state index contributed by atoms with van der Waals surface area (Å²) in [6, 6.07) is 8.27. The van der Waals surface area contributed by atoms with Crippen LogP contribution in [0.1, 0.15) is 22.8 Å². The molecule has 2 rings (SSSR count). The normalized spacial score (nSPS) is 12.6. The Balaban J connectivity index is 2.01. The average Bonchev–Trinajstić information content (AvgIpc) is 2.83. The molecule has 1 atom stereocenters. The number of nitrogens with two attached hydrogens (primary N) is 1. The van der Waals surface area contributed by atoms with Crippen molar-refractivity contribution in [1.82, 2.24) is 10.1 Å². The van der Waals surface area contributed by atoms with E-state index in [-0.39, 0.29) is 6.10 Å². The Morgan fingerprint density at radius 2 is 2.26 bits per heavy atom. The average molecular weight is 261 g/mol. The molecule has 5 nitrogen and oxygen atoms in total. The minimum absolute atomic E-state index is 0.0766. The van der Waals surface area contributed by atoms with Crippen molar-refractivity contribution in [3.05, 3.63) is 47.1 Å². The summed E-state index contributed by atoms with van der Waals surface area (Å²) >= 11 is 0. The number of benzene rings is 1. The molecule has 0 fully saturated rings. The zero-order valence-corrected chi connectivity index (χ0v) is 11.3. The molecule has 19 heavy (non-hydrogen) atoms. The van der Waals surface area contributed by atoms with Crippen LogP contribution in [-0.4, -0.2) is 29.9 Å². The highest BCUT2D eigenvalue weighted by atomic mass is 16.5. The van der Waals surface area contributed by atoms with E-state index in [1.54, 1.807) is 7.11 Å². The lowest BCUT2D eigenvalue weighted by Gasteiger charge is -2.08. The molecule has 1 heterocycles. The number of nitrogens with zero attached hydrogens (tertiary/aromatic N) is 2. The minimum atomic E-state index is -0.0766. The van der Waals surface area contributed by atoms with Gasteiger partial charge in [-0.05, 0) is 12.5 Å². The van der Waals surface area contributed by atoms with Gasteiger partial charge in [-0.1, -0.05) is 35.0 Å². The highest BCUT2D eigenvalue weighted by molar-refractivity contribution is 5.24. The second-order valence-corrected chi connectivity index (χ2v) is 4.57. The largest absolute Gasteiger partial charge is 0.380 e. The van der Waals surface area contributed by atoms with Crippen molar-refractivity contribution < 1.29 is 9.26 Å². The van der Waals surface area contributed by atoms with Crippen molar-refractivity contribution in [2.45, 2.75) is 25.9 Å². The van der Waals surface area contributed by atoms with Crippen molar-refractivity contribution in [3.8, 4) is 0 Å². The van der Waals surface area contributed by atoms with E-state index in [0.29, 0.717) is 31.1 Å². The molecule has 0 aliphatic carbocycles. The number of aromatic nitrogens is 2. The fourth-order valence-electron chi connectivity index (χ4n) is 1.91. The summed E-state index contributed by atoms with van der Waals surface area (Å²) in [5.41, 5.74) is 7.96. The maximum absolute atomic E-state index is 5.56. The molecule has 0 spiro atoms. The number of hydrogen-bond donors (Lipinski definition) is 1. The Hall–Kier alpha value is -1.72. The van der Waals surface area contributed by atoms with Crippen LogP contribution < -0.4 is 5.73 Å². The van der Waals surface area contributed by atoms with Crippen LogP contribution in [0.5, 0.6) is 0 Å². The fraction of sp³-hybridized carbons (Fsp3) is 0.429. The van der Waals surface area contributed by atoms with Gasteiger partial charge in [0.25, 0.3) is 0 Å². The molecule has 0 amide bonds. The fourth-order valence-corrected chi connectivity index (χ4v) is 1.91. The zero-order chi connectivity index (χ0) is 13.7. The molecule has 102 valence electrons. The van der Waals surface area contributed by atoms with E-state index >= 15 is 0 Å². The number of aryl methyl sites for hydroxylation is 1. The predicted molar refractivity (Wildman–Crippen MR) is 71.8 cm³/mol. The first-order valence-corrected chi connectivity index (χ1v) is 6.31. The van der Waals surface area contributed by atoms with E-state index in [0.717, 1.165) is 0 Å². The first-order valence-electron chi connectivity index (χ1n) is 6.31. The first-order chi connectivity index (χ1) is 9.21. The summed E-state index contributed by atoms with van der Waals surface area (Å²) < 4.78 is 10.4. The van der Waals surface area contributed by atoms with Gasteiger partial charge in [0.05, 0.1) is 12.5 Å². The van der Waals surface area contributed by atoms with E-state index in [1.165, 1.54) is 11.1 Å². The maximum Gasteiger partial charge on any atom is 0.229 e. The van der Waals surface area contributed by atoms with E-state index in [2.05, 4.69) is 35.3 Å². The summed E-state index contributed by atoms with van der Waals surface area (Å²) in [7, 11) is 1.63. The van der Waals surface area contributed by atoms with Gasteiger partial charge in [-0.3, -0.25) is 0 Å². The van der Waals surface area contributed by atoms with Crippen LogP contribution in [0, 0.1) is 6.92 Å². The Labute approximate surface area is 112 Å². The van der Waals surface area contributed by atoms with E-state index in [9.17, 15) is 0 Å². The van der Waals surface area contributed by atoms with Crippen LogP contribution in [0.4, 0.5) is 0 Å². The maximum atomic E-state index is 5.56. The van der Waals surface area contributed by atoms with E-state index in [1.807, 2.05) is 6.07 Å². The molecular weight excluding hydrogens is 242 g/mol. The third-order valence-electron chi connectivity index (χ3n) is 2.95. The van der Waals surface area contributed by atoms with Gasteiger partial charge in [0.1, 0.15) is 0 Å². The van der Waals surface area contributed by atoms with Crippen molar-refractivity contribution in [1.29, 1.82) is 0 Å². The molecule has 1 aromatic heterocycles. The van der Waals surface area contributed by atoms with Crippen molar-refractivity contribution in [2.75, 3.05) is 13.7 Å². The van der Waals surface area contributed by atoms with Gasteiger partial charge in [0, 0.05) is 20.1 Å². The standard InChI is InChI=1S/C14H19N3O2/c1-10-4-3-5-11(6-10)7-13-16-14(19-17-13)8-12(9-15)18-2/h3-6,12H,7-9,15H2,1-2H3. The van der Waals surface area contributed by atoms with Gasteiger partial charge in [0.2, 0.25) is 5.89 Å². The van der Waals surface area contributed by atoms with Crippen LogP contribution in [0.3, 0.4) is 0 Å². The molecule has 0 saturated heterocycles. The number of rotatable bonds is 6. The quantitative estimate of drug-likeness (QED) is 0.852. The molecule has 0 bridgehead atoms. The van der Waals surface area contributed by atoms with Crippen LogP contribution >= 0.6 is 0 Å². The van der Waals surface area contributed by atoms with Crippen molar-refractivity contribution >= 4 is 0 Å². The number of methoxy groups -OCH3 is 1. The Bertz CT molecular complexity index is 521. The minimum Gasteiger partial charge on any atom is -0.380 e. The lowest BCUT2D eigenvalue weighted by molar-refractivity contribution is 0.102. The molecule has 0 radical (unpaired) electrons. The molecule has 5 heteroatoms. The summed E-state index contributed by atoms with van der Waals surface area (Å²) in [5, 5.41) is 3.98. The first kappa shape index (κ1) is 13.7. The summed E-state index contributed by atoms with van der Waals surface area (Å²) in [5.74, 6) is 1.26. The Morgan fingerprint density at radius 3 is 2.95 bits per heavy atom. The Kier molecular flexibility index (Phi) is 4.65. The van der Waals surface area contributed by atoms with Gasteiger partial charge < -0.3 is 15.0 Å². The van der Waals surface area contributed by atoms with E-state index < -0.39 is 0 Å². The molecule has 1 aromatic carbocycles. The van der Waals surface area contributed by atoms with Crippen LogP contribution in [-0.2, 0) is 17.6 Å². The molecule has 2 N–H and O–H groups in total. The number of hydrogen-bond acceptors (Lipinski definition) is 5. The van der Waals surface area contributed by atoms with Gasteiger partial charge in [-0.2, -0.15) is 4.98 Å². The molecule has 2 aromatic rings.